The fraction of sp³-hybridized carbons (Fsp3) is 0.300. The smallest absolute Gasteiger partial charge is 0.145 e. The summed E-state index contributed by atoms with van der Waals surface area (Å²) in [4.78, 5) is 3.80. The van der Waals surface area contributed by atoms with Crippen molar-refractivity contribution in [3.63, 3.8) is 0 Å². The van der Waals surface area contributed by atoms with Gasteiger partial charge in [-0.1, -0.05) is 0 Å². The molecule has 1 aromatic heterocycles. The van der Waals surface area contributed by atoms with Gasteiger partial charge in [-0.15, -0.1) is 0 Å². The van der Waals surface area contributed by atoms with Crippen LogP contribution in [0.2, 0.25) is 0 Å². The zero-order valence-electron chi connectivity index (χ0n) is 7.40. The molecule has 1 fully saturated rings. The highest BCUT2D eigenvalue weighted by Crippen LogP contribution is 2.27. The van der Waals surface area contributed by atoms with Crippen molar-refractivity contribution in [2.75, 3.05) is 0 Å². The zero-order valence-corrected chi connectivity index (χ0v) is 7.40. The molecule has 0 radical (unpaired) electrons. The largest absolute Gasteiger partial charge is 0.490 e. The van der Waals surface area contributed by atoms with Gasteiger partial charge >= 0.3 is 0 Å². The van der Waals surface area contributed by atoms with Gasteiger partial charge < -0.3 is 4.74 Å². The summed E-state index contributed by atoms with van der Waals surface area (Å²) in [6, 6.07) is 6.90. The molecule has 1 aliphatic rings. The average molecular weight is 185 g/mol. The lowest BCUT2D eigenvalue weighted by Crippen LogP contribution is -1.98. The van der Waals surface area contributed by atoms with Crippen molar-refractivity contribution in [2.24, 2.45) is 0 Å². The third-order valence-electron chi connectivity index (χ3n) is 1.86. The van der Waals surface area contributed by atoms with Crippen molar-refractivity contribution >= 4 is 0 Å². The van der Waals surface area contributed by atoms with Crippen LogP contribution in [0.25, 0.3) is 0 Å². The minimum Gasteiger partial charge on any atom is -0.490 e. The number of nitriles is 2. The van der Waals surface area contributed by atoms with E-state index in [2.05, 4.69) is 4.98 Å². The molecule has 1 aliphatic carbocycles. The predicted molar refractivity (Wildman–Crippen MR) is 47.3 cm³/mol. The number of pyridine rings is 1. The molecule has 1 heterocycles. The zero-order chi connectivity index (χ0) is 9.97. The van der Waals surface area contributed by atoms with Crippen LogP contribution in [-0.2, 0) is 0 Å². The molecule has 0 saturated heterocycles. The van der Waals surface area contributed by atoms with Crippen molar-refractivity contribution < 1.29 is 4.74 Å². The van der Waals surface area contributed by atoms with E-state index in [9.17, 15) is 0 Å². The number of nitrogens with zero attached hydrogens (tertiary/aromatic N) is 3. The molecule has 4 heteroatoms. The lowest BCUT2D eigenvalue weighted by molar-refractivity contribution is 0.302. The van der Waals surface area contributed by atoms with Crippen LogP contribution in [0.5, 0.6) is 5.75 Å². The highest BCUT2D eigenvalue weighted by molar-refractivity contribution is 5.37. The van der Waals surface area contributed by atoms with Gasteiger partial charge in [0.25, 0.3) is 0 Å². The first-order valence-corrected chi connectivity index (χ1v) is 4.31. The summed E-state index contributed by atoms with van der Waals surface area (Å²) in [6.45, 7) is 0. The molecule has 4 nitrogen and oxygen atoms in total. The number of aromatic nitrogens is 1. The number of ether oxygens (including phenoxy) is 1. The van der Waals surface area contributed by atoms with E-state index in [-0.39, 0.29) is 17.5 Å². The summed E-state index contributed by atoms with van der Waals surface area (Å²) in [7, 11) is 0. The molecule has 0 amide bonds. The molecule has 0 aliphatic heterocycles. The van der Waals surface area contributed by atoms with Gasteiger partial charge in [0.15, 0.2) is 0 Å². The molecule has 2 rings (SSSR count). The summed E-state index contributed by atoms with van der Waals surface area (Å²) in [6.07, 6.45) is 2.36. The van der Waals surface area contributed by atoms with Crippen molar-refractivity contribution in [3.8, 4) is 17.9 Å². The molecule has 0 aromatic carbocycles. The minimum atomic E-state index is 0.222. The van der Waals surface area contributed by atoms with Crippen molar-refractivity contribution in [2.45, 2.75) is 18.9 Å². The first-order chi connectivity index (χ1) is 6.81. The monoisotopic (exact) mass is 185 g/mol. The Morgan fingerprint density at radius 1 is 1.21 bits per heavy atom. The van der Waals surface area contributed by atoms with Gasteiger partial charge in [0.05, 0.1) is 6.10 Å². The summed E-state index contributed by atoms with van der Waals surface area (Å²) >= 11 is 0. The fourth-order valence-corrected chi connectivity index (χ4v) is 1.07. The minimum absolute atomic E-state index is 0.222. The van der Waals surface area contributed by atoms with Crippen LogP contribution in [0.1, 0.15) is 24.2 Å². The molecular formula is C10H7N3O. The van der Waals surface area contributed by atoms with E-state index in [1.54, 1.807) is 12.1 Å². The van der Waals surface area contributed by atoms with Crippen LogP contribution in [-0.4, -0.2) is 11.1 Å². The SMILES string of the molecule is N#Cc1cc(OC2CC2)cc(C#N)n1. The van der Waals surface area contributed by atoms with Crippen LogP contribution in [0.15, 0.2) is 12.1 Å². The Labute approximate surface area is 81.4 Å². The van der Waals surface area contributed by atoms with Crippen LogP contribution in [0.3, 0.4) is 0 Å². The summed E-state index contributed by atoms with van der Waals surface area (Å²) < 4.78 is 5.47. The van der Waals surface area contributed by atoms with Gasteiger partial charge in [0.2, 0.25) is 0 Å². The van der Waals surface area contributed by atoms with Crippen LogP contribution in [0.4, 0.5) is 0 Å². The van der Waals surface area contributed by atoms with Crippen molar-refractivity contribution in [1.29, 1.82) is 10.5 Å². The molecule has 68 valence electrons. The maximum absolute atomic E-state index is 8.65. The third kappa shape index (κ3) is 1.81. The van der Waals surface area contributed by atoms with Crippen molar-refractivity contribution in [3.05, 3.63) is 23.5 Å². The molecule has 14 heavy (non-hydrogen) atoms. The molecule has 0 unspecified atom stereocenters. The Kier molecular flexibility index (Phi) is 2.04. The Bertz CT molecular complexity index is 405. The van der Waals surface area contributed by atoms with Gasteiger partial charge in [0.1, 0.15) is 29.3 Å². The second-order valence-electron chi connectivity index (χ2n) is 3.11. The van der Waals surface area contributed by atoms with Crippen LogP contribution >= 0.6 is 0 Å². The third-order valence-corrected chi connectivity index (χ3v) is 1.86. The lowest BCUT2D eigenvalue weighted by Gasteiger charge is -2.03. The summed E-state index contributed by atoms with van der Waals surface area (Å²) in [5, 5.41) is 17.3. The van der Waals surface area contributed by atoms with Gasteiger partial charge in [0, 0.05) is 12.1 Å². The molecule has 1 aromatic rings. The van der Waals surface area contributed by atoms with E-state index in [4.69, 9.17) is 15.3 Å². The maximum atomic E-state index is 8.65. The Morgan fingerprint density at radius 3 is 2.21 bits per heavy atom. The lowest BCUT2D eigenvalue weighted by atomic mass is 10.3. The predicted octanol–water partition coefficient (Wildman–Crippen LogP) is 1.37. The molecule has 0 atom stereocenters. The quantitative estimate of drug-likeness (QED) is 0.697. The molecule has 0 bridgehead atoms. The van der Waals surface area contributed by atoms with Crippen molar-refractivity contribution in [1.82, 2.24) is 4.98 Å². The summed E-state index contributed by atoms with van der Waals surface area (Å²) in [5.74, 6) is 0.565. The van der Waals surface area contributed by atoms with Crippen LogP contribution < -0.4 is 4.74 Å². The van der Waals surface area contributed by atoms with Gasteiger partial charge in [-0.3, -0.25) is 0 Å². The second kappa shape index (κ2) is 3.35. The Hall–Kier alpha value is -2.07. The number of hydrogen-bond acceptors (Lipinski definition) is 4. The van der Waals surface area contributed by atoms with E-state index < -0.39 is 0 Å². The van der Waals surface area contributed by atoms with E-state index in [1.807, 2.05) is 12.1 Å². The number of hydrogen-bond donors (Lipinski definition) is 0. The van der Waals surface area contributed by atoms with E-state index in [0.29, 0.717) is 5.75 Å². The highest BCUT2D eigenvalue weighted by Gasteiger charge is 2.23. The Balaban J connectivity index is 2.30. The average Bonchev–Trinajstić information content (AvgIpc) is 3.01. The molecule has 0 N–H and O–H groups in total. The second-order valence-corrected chi connectivity index (χ2v) is 3.11. The molecule has 0 spiro atoms. The standard InChI is InChI=1S/C10H7N3O/c11-5-7-3-10(14-9-1-2-9)4-8(6-12)13-7/h3-4,9H,1-2H2. The summed E-state index contributed by atoms with van der Waals surface area (Å²) in [5.41, 5.74) is 0.444. The Morgan fingerprint density at radius 2 is 1.79 bits per heavy atom. The maximum Gasteiger partial charge on any atom is 0.145 e. The van der Waals surface area contributed by atoms with Gasteiger partial charge in [-0.05, 0) is 12.8 Å². The molecular weight excluding hydrogens is 178 g/mol. The topological polar surface area (TPSA) is 69.7 Å². The first kappa shape index (κ1) is 8.52. The first-order valence-electron chi connectivity index (χ1n) is 4.31. The van der Waals surface area contributed by atoms with Gasteiger partial charge in [-0.2, -0.15) is 10.5 Å². The highest BCUT2D eigenvalue weighted by atomic mass is 16.5. The van der Waals surface area contributed by atoms with E-state index in [0.717, 1.165) is 12.8 Å². The van der Waals surface area contributed by atoms with Crippen LogP contribution in [0, 0.1) is 22.7 Å². The molecule has 1 saturated carbocycles. The van der Waals surface area contributed by atoms with E-state index in [1.165, 1.54) is 0 Å². The normalized spacial score (nSPS) is 14.1. The van der Waals surface area contributed by atoms with Gasteiger partial charge in [-0.25, -0.2) is 4.98 Å². The van der Waals surface area contributed by atoms with E-state index >= 15 is 0 Å². The number of rotatable bonds is 2. The fourth-order valence-electron chi connectivity index (χ4n) is 1.07.